The van der Waals surface area contributed by atoms with Gasteiger partial charge in [0.2, 0.25) is 0 Å². The largest absolute Gasteiger partial charge is 0.463 e. The Morgan fingerprint density at radius 3 is 2.74 bits per heavy atom. The Labute approximate surface area is 207 Å². The zero-order valence-electron chi connectivity index (χ0n) is 22.2. The van der Waals surface area contributed by atoms with Gasteiger partial charge in [0.25, 0.3) is 0 Å². The van der Waals surface area contributed by atoms with E-state index in [1.54, 1.807) is 12.5 Å². The van der Waals surface area contributed by atoms with Crippen LogP contribution in [-0.4, -0.2) is 36.4 Å². The zero-order valence-corrected chi connectivity index (χ0v) is 22.2. The molecule has 4 aliphatic carbocycles. The first-order valence-electron chi connectivity index (χ1n) is 14.5. The van der Waals surface area contributed by atoms with Crippen molar-refractivity contribution < 1.29 is 14.3 Å². The highest BCUT2D eigenvalue weighted by atomic mass is 16.5. The number of carbonyl (C=O) groups excluding carboxylic acids is 1. The summed E-state index contributed by atoms with van der Waals surface area (Å²) in [7, 11) is 0. The van der Waals surface area contributed by atoms with Gasteiger partial charge in [-0.05, 0) is 113 Å². The summed E-state index contributed by atoms with van der Waals surface area (Å²) in [6.07, 6.45) is 12.9. The van der Waals surface area contributed by atoms with E-state index in [0.717, 1.165) is 55.4 Å². The van der Waals surface area contributed by atoms with Gasteiger partial charge in [0.15, 0.2) is 0 Å². The fraction of sp³-hybridized carbons (Fsp3) is 0.900. The molecule has 34 heavy (non-hydrogen) atoms. The van der Waals surface area contributed by atoms with Crippen molar-refractivity contribution in [2.75, 3.05) is 6.54 Å². The molecule has 0 aromatic heterocycles. The van der Waals surface area contributed by atoms with Crippen LogP contribution in [0.1, 0.15) is 98.8 Å². The molecule has 1 N–H and O–H groups in total. The molecule has 0 bridgehead atoms. The van der Waals surface area contributed by atoms with E-state index in [9.17, 15) is 4.79 Å². The summed E-state index contributed by atoms with van der Waals surface area (Å²) in [5.41, 5.74) is 3.96. The van der Waals surface area contributed by atoms with Crippen LogP contribution in [0.15, 0.2) is 11.1 Å². The molecule has 1 spiro atoms. The Balaban J connectivity index is 1.23. The summed E-state index contributed by atoms with van der Waals surface area (Å²) in [6, 6.07) is 0.543. The second-order valence-corrected chi connectivity index (χ2v) is 13.7. The van der Waals surface area contributed by atoms with Crippen LogP contribution in [0.25, 0.3) is 0 Å². The number of ether oxygens (including phenoxy) is 2. The maximum atomic E-state index is 11.6. The van der Waals surface area contributed by atoms with Crippen LogP contribution in [0.2, 0.25) is 0 Å². The number of rotatable bonds is 1. The van der Waals surface area contributed by atoms with Gasteiger partial charge in [-0.25, -0.2) is 0 Å². The van der Waals surface area contributed by atoms with Crippen molar-refractivity contribution >= 4 is 5.97 Å². The average molecular weight is 470 g/mol. The van der Waals surface area contributed by atoms with Crippen LogP contribution < -0.4 is 5.32 Å². The third-order valence-corrected chi connectivity index (χ3v) is 11.9. The fourth-order valence-electron chi connectivity index (χ4n) is 10.1. The van der Waals surface area contributed by atoms with Crippen LogP contribution in [0.5, 0.6) is 0 Å². The molecule has 2 aliphatic heterocycles. The summed E-state index contributed by atoms with van der Waals surface area (Å²) < 4.78 is 12.7. The Hall–Kier alpha value is -0.870. The molecule has 2 heterocycles. The average Bonchev–Trinajstić information content (AvgIpc) is 3.24. The lowest BCUT2D eigenvalue weighted by Gasteiger charge is -2.54. The Kier molecular flexibility index (Phi) is 5.76. The molecule has 2 saturated heterocycles. The number of hydrogen-bond donors (Lipinski definition) is 1. The second kappa shape index (κ2) is 8.33. The monoisotopic (exact) mass is 469 g/mol. The summed E-state index contributed by atoms with van der Waals surface area (Å²) in [5.74, 6) is 4.38. The molecule has 5 fully saturated rings. The molecular weight excluding hydrogens is 422 g/mol. The van der Waals surface area contributed by atoms with Crippen molar-refractivity contribution in [1.82, 2.24) is 5.32 Å². The van der Waals surface area contributed by atoms with Gasteiger partial charge in [0.1, 0.15) is 6.10 Å². The first-order chi connectivity index (χ1) is 16.2. The Bertz CT molecular complexity index is 867. The second-order valence-electron chi connectivity index (χ2n) is 13.7. The minimum absolute atomic E-state index is 0.0481. The number of esters is 1. The molecule has 11 atom stereocenters. The van der Waals surface area contributed by atoms with E-state index in [-0.39, 0.29) is 17.7 Å². The van der Waals surface area contributed by atoms with E-state index >= 15 is 0 Å². The van der Waals surface area contributed by atoms with Crippen LogP contribution >= 0.6 is 0 Å². The van der Waals surface area contributed by atoms with Crippen LogP contribution in [0.4, 0.5) is 0 Å². The Morgan fingerprint density at radius 2 is 1.94 bits per heavy atom. The highest BCUT2D eigenvalue weighted by Crippen LogP contribution is 2.65. The van der Waals surface area contributed by atoms with Gasteiger partial charge in [0.05, 0.1) is 11.7 Å². The van der Waals surface area contributed by atoms with Crippen molar-refractivity contribution in [3.05, 3.63) is 11.1 Å². The minimum atomic E-state index is -0.104. The maximum absolute atomic E-state index is 11.6. The van der Waals surface area contributed by atoms with Gasteiger partial charge in [-0.15, -0.1) is 0 Å². The summed E-state index contributed by atoms with van der Waals surface area (Å²) >= 11 is 0. The van der Waals surface area contributed by atoms with Gasteiger partial charge >= 0.3 is 5.97 Å². The third-order valence-electron chi connectivity index (χ3n) is 11.9. The molecule has 0 amide bonds. The standard InChI is InChI=1S/C30H47NO3/c1-17-12-27-28(31-16-17)19(3)30(34-27)11-9-23-24-7-6-21-13-22(33-20(4)32)8-10-29(21,5)26(24)14-25(23)18(2)15-30/h17,19,21-24,26-28,31H,6-16H2,1-5H3/t17-,19+,21+,22-,23-,24?,26-,27+,28-,29-,30-/m0/s1. The fourth-order valence-corrected chi connectivity index (χ4v) is 10.1. The normalized spacial score (nSPS) is 52.4. The molecule has 6 rings (SSSR count). The molecule has 0 radical (unpaired) electrons. The molecule has 1 unspecified atom stereocenters. The molecule has 0 aromatic carbocycles. The van der Waals surface area contributed by atoms with E-state index < -0.39 is 0 Å². The number of piperidine rings is 1. The lowest BCUT2D eigenvalue weighted by molar-refractivity contribution is -0.154. The summed E-state index contributed by atoms with van der Waals surface area (Å²) in [5, 5.41) is 3.86. The van der Waals surface area contributed by atoms with Crippen molar-refractivity contribution in [2.45, 2.75) is 123 Å². The van der Waals surface area contributed by atoms with Crippen molar-refractivity contribution in [3.8, 4) is 0 Å². The van der Waals surface area contributed by atoms with Gasteiger partial charge in [-0.3, -0.25) is 4.79 Å². The maximum Gasteiger partial charge on any atom is 0.302 e. The third kappa shape index (κ3) is 3.56. The summed E-state index contributed by atoms with van der Waals surface area (Å²) in [4.78, 5) is 11.6. The van der Waals surface area contributed by atoms with Crippen molar-refractivity contribution in [1.29, 1.82) is 0 Å². The molecular formula is C30H47NO3. The SMILES string of the molecule is CC(=O)O[C@H]1CC[C@@]2(C)[C@H](CCC3[C@@H]4CC[C@@]5(CC(C)=C4C[C@@H]32)O[C@@H]2C[C@H](C)CN[C@H]2[C@H]5C)C1. The van der Waals surface area contributed by atoms with E-state index in [1.165, 1.54) is 44.9 Å². The quantitative estimate of drug-likeness (QED) is 0.375. The topological polar surface area (TPSA) is 47.6 Å². The first-order valence-corrected chi connectivity index (χ1v) is 14.5. The number of allylic oxidation sites excluding steroid dienone is 1. The van der Waals surface area contributed by atoms with Gasteiger partial charge in [-0.1, -0.05) is 31.9 Å². The molecule has 190 valence electrons. The summed E-state index contributed by atoms with van der Waals surface area (Å²) in [6.45, 7) is 12.6. The van der Waals surface area contributed by atoms with Gasteiger partial charge < -0.3 is 14.8 Å². The van der Waals surface area contributed by atoms with E-state index in [0.29, 0.717) is 23.5 Å². The molecule has 4 nitrogen and oxygen atoms in total. The predicted molar refractivity (Wildman–Crippen MR) is 134 cm³/mol. The van der Waals surface area contributed by atoms with Crippen molar-refractivity contribution in [2.24, 2.45) is 40.9 Å². The minimum Gasteiger partial charge on any atom is -0.463 e. The molecule has 3 saturated carbocycles. The van der Waals surface area contributed by atoms with Crippen LogP contribution in [0.3, 0.4) is 0 Å². The van der Waals surface area contributed by atoms with E-state index in [2.05, 4.69) is 33.0 Å². The van der Waals surface area contributed by atoms with Crippen molar-refractivity contribution in [3.63, 3.8) is 0 Å². The van der Waals surface area contributed by atoms with Gasteiger partial charge in [-0.2, -0.15) is 0 Å². The highest BCUT2D eigenvalue weighted by Gasteiger charge is 2.59. The van der Waals surface area contributed by atoms with E-state index in [1.807, 2.05) is 5.57 Å². The number of carbonyl (C=O) groups is 1. The van der Waals surface area contributed by atoms with Crippen LogP contribution in [-0.2, 0) is 14.3 Å². The number of fused-ring (bicyclic) bond motifs is 6. The molecule has 4 heteroatoms. The zero-order chi connectivity index (χ0) is 23.8. The smallest absolute Gasteiger partial charge is 0.302 e. The van der Waals surface area contributed by atoms with Crippen LogP contribution in [0, 0.1) is 40.9 Å². The Morgan fingerprint density at radius 1 is 1.12 bits per heavy atom. The lowest BCUT2D eigenvalue weighted by atomic mass is 9.52. The first kappa shape index (κ1) is 23.5. The van der Waals surface area contributed by atoms with E-state index in [4.69, 9.17) is 9.47 Å². The number of nitrogens with one attached hydrogen (secondary N) is 1. The lowest BCUT2D eigenvalue weighted by Crippen LogP contribution is -2.48. The molecule has 6 aliphatic rings. The number of hydrogen-bond acceptors (Lipinski definition) is 4. The highest BCUT2D eigenvalue weighted by molar-refractivity contribution is 5.66. The molecule has 0 aromatic rings. The predicted octanol–water partition coefficient (Wildman–Crippen LogP) is 6.04. The van der Waals surface area contributed by atoms with Gasteiger partial charge in [0, 0.05) is 18.9 Å².